The summed E-state index contributed by atoms with van der Waals surface area (Å²) in [6, 6.07) is 11.2. The van der Waals surface area contributed by atoms with Gasteiger partial charge in [-0.2, -0.15) is 0 Å². The molecule has 2 rings (SSSR count). The van der Waals surface area contributed by atoms with Crippen LogP contribution in [0.2, 0.25) is 0 Å². The number of carbonyl (C=O) groups excluding carboxylic acids is 2. The van der Waals surface area contributed by atoms with Gasteiger partial charge in [-0.25, -0.2) is 0 Å². The smallest absolute Gasteiger partial charge is 0.163 e. The van der Waals surface area contributed by atoms with Crippen LogP contribution in [-0.2, 0) is 9.59 Å². The fourth-order valence-corrected chi connectivity index (χ4v) is 2.30. The summed E-state index contributed by atoms with van der Waals surface area (Å²) in [5.74, 6) is -0.144. The molecule has 0 fully saturated rings. The van der Waals surface area contributed by atoms with Crippen molar-refractivity contribution in [2.75, 3.05) is 0 Å². The summed E-state index contributed by atoms with van der Waals surface area (Å²) >= 11 is 0. The monoisotopic (exact) mass is 380 g/mol. The van der Waals surface area contributed by atoms with Crippen LogP contribution in [0, 0.1) is 0 Å². The normalized spacial score (nSPS) is 11.8. The number of allylic oxidation sites excluding steroid dienone is 2. The molecule has 0 atom stereocenters. The first-order chi connectivity index (χ1) is 13.1. The van der Waals surface area contributed by atoms with E-state index in [4.69, 9.17) is 4.74 Å². The van der Waals surface area contributed by atoms with E-state index in [2.05, 4.69) is 0 Å². The van der Waals surface area contributed by atoms with E-state index in [1.165, 1.54) is 30.4 Å². The van der Waals surface area contributed by atoms with E-state index in [1.54, 1.807) is 36.4 Å². The molecule has 0 saturated heterocycles. The van der Waals surface area contributed by atoms with Gasteiger partial charge in [0, 0.05) is 0 Å². The highest BCUT2D eigenvalue weighted by Gasteiger charge is 2.14. The van der Waals surface area contributed by atoms with Crippen molar-refractivity contribution in [2.45, 2.75) is 32.8 Å². The van der Waals surface area contributed by atoms with Gasteiger partial charge in [0.1, 0.15) is 11.4 Å². The van der Waals surface area contributed by atoms with Crippen molar-refractivity contribution in [3.63, 3.8) is 0 Å². The fourth-order valence-electron chi connectivity index (χ4n) is 2.30. The average molecular weight is 380 g/mol. The number of phenols is 2. The van der Waals surface area contributed by atoms with Gasteiger partial charge < -0.3 is 14.9 Å². The molecule has 0 unspecified atom stereocenters. The van der Waals surface area contributed by atoms with E-state index in [-0.39, 0.29) is 29.5 Å². The highest BCUT2D eigenvalue weighted by Crippen LogP contribution is 2.30. The zero-order valence-corrected chi connectivity index (χ0v) is 16.2. The van der Waals surface area contributed by atoms with Gasteiger partial charge in [-0.05, 0) is 68.3 Å². The average Bonchev–Trinajstić information content (AvgIpc) is 2.61. The second-order valence-electron chi connectivity index (χ2n) is 7.31. The number of phenolic OH excluding ortho intramolecular Hbond substituents is 2. The molecule has 0 saturated carbocycles. The molecule has 2 aromatic rings. The summed E-state index contributed by atoms with van der Waals surface area (Å²) in [5, 5.41) is 19.1. The first kappa shape index (κ1) is 21.0. The number of hydrogen-bond acceptors (Lipinski definition) is 5. The van der Waals surface area contributed by atoms with Crippen molar-refractivity contribution in [2.24, 2.45) is 0 Å². The van der Waals surface area contributed by atoms with Crippen molar-refractivity contribution in [3.05, 3.63) is 65.7 Å². The number of benzene rings is 2. The fraction of sp³-hybridized carbons (Fsp3) is 0.217. The molecule has 0 bridgehead atoms. The number of rotatable bonds is 7. The topological polar surface area (TPSA) is 83.8 Å². The second-order valence-corrected chi connectivity index (χ2v) is 7.31. The summed E-state index contributed by atoms with van der Waals surface area (Å²) in [5.41, 5.74) is 0.966. The molecule has 28 heavy (non-hydrogen) atoms. The third-order valence-electron chi connectivity index (χ3n) is 3.56. The zero-order chi connectivity index (χ0) is 20.7. The van der Waals surface area contributed by atoms with Crippen LogP contribution in [0.15, 0.2) is 54.6 Å². The van der Waals surface area contributed by atoms with E-state index >= 15 is 0 Å². The predicted octanol–water partition coefficient (Wildman–Crippen LogP) is 4.53. The molecule has 0 radical (unpaired) electrons. The van der Waals surface area contributed by atoms with Crippen LogP contribution in [0.5, 0.6) is 17.2 Å². The lowest BCUT2D eigenvalue weighted by atomic mass is 10.1. The van der Waals surface area contributed by atoms with Gasteiger partial charge in [-0.3, -0.25) is 9.59 Å². The second kappa shape index (κ2) is 9.04. The van der Waals surface area contributed by atoms with Crippen LogP contribution >= 0.6 is 0 Å². The Labute approximate surface area is 164 Å². The molecule has 146 valence electrons. The van der Waals surface area contributed by atoms with Crippen molar-refractivity contribution in [3.8, 4) is 17.2 Å². The highest BCUT2D eigenvalue weighted by molar-refractivity contribution is 6.10. The minimum Gasteiger partial charge on any atom is -0.508 e. The van der Waals surface area contributed by atoms with Crippen LogP contribution in [0.4, 0.5) is 0 Å². The molecule has 5 nitrogen and oxygen atoms in total. The van der Waals surface area contributed by atoms with Crippen molar-refractivity contribution < 1.29 is 24.5 Å². The SMILES string of the molecule is CC(C)(C)Oc1cc(/C=C/C(=O)CC(=O)/C=C/c2ccc(O)cc2)ccc1O. The van der Waals surface area contributed by atoms with E-state index in [9.17, 15) is 19.8 Å². The lowest BCUT2D eigenvalue weighted by Crippen LogP contribution is -2.23. The Morgan fingerprint density at radius 3 is 2.00 bits per heavy atom. The van der Waals surface area contributed by atoms with Crippen LogP contribution in [-0.4, -0.2) is 27.4 Å². The van der Waals surface area contributed by atoms with Gasteiger partial charge in [-0.1, -0.05) is 30.4 Å². The van der Waals surface area contributed by atoms with E-state index < -0.39 is 5.60 Å². The Kier molecular flexibility index (Phi) is 6.77. The van der Waals surface area contributed by atoms with Crippen molar-refractivity contribution >= 4 is 23.7 Å². The lowest BCUT2D eigenvalue weighted by Gasteiger charge is -2.22. The standard InChI is InChI=1S/C23H24O5/c1-23(2,3)28-22-14-17(8-13-21(22)27)7-12-20(26)15-19(25)11-6-16-4-9-18(24)10-5-16/h4-14,24,27H,15H2,1-3H3/b11-6+,12-7+. The van der Waals surface area contributed by atoms with Crippen molar-refractivity contribution in [1.29, 1.82) is 0 Å². The zero-order valence-electron chi connectivity index (χ0n) is 16.2. The Morgan fingerprint density at radius 2 is 1.43 bits per heavy atom. The molecule has 2 N–H and O–H groups in total. The molecule has 5 heteroatoms. The first-order valence-corrected chi connectivity index (χ1v) is 8.85. The maximum Gasteiger partial charge on any atom is 0.163 e. The van der Waals surface area contributed by atoms with Crippen molar-refractivity contribution in [1.82, 2.24) is 0 Å². The molecule has 0 aliphatic heterocycles. The number of hydrogen-bond donors (Lipinski definition) is 2. The molecule has 0 spiro atoms. The quantitative estimate of drug-likeness (QED) is 0.545. The Morgan fingerprint density at radius 1 is 0.893 bits per heavy atom. The van der Waals surface area contributed by atoms with E-state index in [0.29, 0.717) is 11.3 Å². The van der Waals surface area contributed by atoms with Gasteiger partial charge in [-0.15, -0.1) is 0 Å². The molecule has 0 aliphatic carbocycles. The summed E-state index contributed by atoms with van der Waals surface area (Å²) in [6.45, 7) is 5.61. The molecule has 0 aliphatic rings. The molecule has 0 heterocycles. The van der Waals surface area contributed by atoms with Gasteiger partial charge >= 0.3 is 0 Å². The molecular formula is C23H24O5. The summed E-state index contributed by atoms with van der Waals surface area (Å²) < 4.78 is 5.68. The largest absolute Gasteiger partial charge is 0.508 e. The van der Waals surface area contributed by atoms with Crippen LogP contribution in [0.25, 0.3) is 12.2 Å². The Balaban J connectivity index is 1.96. The maximum atomic E-state index is 12.0. The van der Waals surface area contributed by atoms with Gasteiger partial charge in [0.15, 0.2) is 23.1 Å². The number of aromatic hydroxyl groups is 2. The van der Waals surface area contributed by atoms with Gasteiger partial charge in [0.25, 0.3) is 0 Å². The molecule has 2 aromatic carbocycles. The molecule has 0 aromatic heterocycles. The minimum absolute atomic E-state index is 0.0212. The summed E-state index contributed by atoms with van der Waals surface area (Å²) in [4.78, 5) is 23.9. The Bertz CT molecular complexity index is 900. The molecular weight excluding hydrogens is 356 g/mol. The number of ketones is 2. The van der Waals surface area contributed by atoms with E-state index in [1.807, 2.05) is 20.8 Å². The number of ether oxygens (including phenoxy) is 1. The third-order valence-corrected chi connectivity index (χ3v) is 3.56. The minimum atomic E-state index is -0.466. The summed E-state index contributed by atoms with van der Waals surface area (Å²) in [7, 11) is 0. The lowest BCUT2D eigenvalue weighted by molar-refractivity contribution is -0.121. The highest BCUT2D eigenvalue weighted by atomic mass is 16.5. The number of carbonyl (C=O) groups is 2. The predicted molar refractivity (Wildman–Crippen MR) is 109 cm³/mol. The van der Waals surface area contributed by atoms with Crippen LogP contribution in [0.3, 0.4) is 0 Å². The first-order valence-electron chi connectivity index (χ1n) is 8.85. The van der Waals surface area contributed by atoms with Crippen LogP contribution in [0.1, 0.15) is 38.3 Å². The van der Waals surface area contributed by atoms with Crippen LogP contribution < -0.4 is 4.74 Å². The summed E-state index contributed by atoms with van der Waals surface area (Å²) in [6.07, 6.45) is 5.60. The third kappa shape index (κ3) is 7.11. The molecule has 0 amide bonds. The van der Waals surface area contributed by atoms with Gasteiger partial charge in [0.2, 0.25) is 0 Å². The Hall–Kier alpha value is -3.34. The maximum absolute atomic E-state index is 12.0. The van der Waals surface area contributed by atoms with Gasteiger partial charge in [0.05, 0.1) is 6.42 Å². The van der Waals surface area contributed by atoms with E-state index in [0.717, 1.165) is 5.56 Å².